The minimum absolute atomic E-state index is 0.0373. The van der Waals surface area contributed by atoms with Gasteiger partial charge in [0.1, 0.15) is 11.5 Å². The topological polar surface area (TPSA) is 42.0 Å². The summed E-state index contributed by atoms with van der Waals surface area (Å²) in [7, 11) is 0. The van der Waals surface area contributed by atoms with E-state index < -0.39 is 18.9 Å². The molecule has 0 N–H and O–H groups in total. The normalized spacial score (nSPS) is 16.2. The Morgan fingerprint density at radius 1 is 0.967 bits per heavy atom. The van der Waals surface area contributed by atoms with Crippen molar-refractivity contribution in [1.82, 2.24) is 9.80 Å². The summed E-state index contributed by atoms with van der Waals surface area (Å²) in [5.74, 6) is 0.822. The number of hydrogen-bond donors (Lipinski definition) is 0. The Hall–Kier alpha value is -2.74. The number of halogens is 3. The van der Waals surface area contributed by atoms with Crippen molar-refractivity contribution in [2.75, 3.05) is 32.8 Å². The minimum atomic E-state index is -4.35. The van der Waals surface area contributed by atoms with Gasteiger partial charge in [-0.3, -0.25) is 9.69 Å². The molecule has 0 unspecified atom stereocenters. The second-order valence-electron chi connectivity index (χ2n) is 7.22. The van der Waals surface area contributed by atoms with Crippen LogP contribution >= 0.6 is 0 Å². The van der Waals surface area contributed by atoms with E-state index in [1.54, 1.807) is 36.1 Å². The maximum absolute atomic E-state index is 12.6. The number of para-hydroxylation sites is 1. The van der Waals surface area contributed by atoms with Crippen molar-refractivity contribution in [3.05, 3.63) is 60.2 Å². The Labute approximate surface area is 174 Å². The molecule has 0 saturated carbocycles. The van der Waals surface area contributed by atoms with Gasteiger partial charge in [-0.25, -0.2) is 0 Å². The maximum Gasteiger partial charge on any atom is 0.422 e. The Balaban J connectivity index is 1.43. The van der Waals surface area contributed by atoms with Gasteiger partial charge in [0.15, 0.2) is 12.7 Å². The van der Waals surface area contributed by atoms with Crippen LogP contribution in [0.3, 0.4) is 0 Å². The van der Waals surface area contributed by atoms with Crippen molar-refractivity contribution in [1.29, 1.82) is 0 Å². The lowest BCUT2D eigenvalue weighted by molar-refractivity contribution is -0.153. The van der Waals surface area contributed by atoms with Crippen LogP contribution in [0.15, 0.2) is 54.6 Å². The lowest BCUT2D eigenvalue weighted by Gasteiger charge is -2.35. The molecule has 2 aromatic rings. The molecule has 0 radical (unpaired) electrons. The van der Waals surface area contributed by atoms with E-state index in [0.29, 0.717) is 25.4 Å². The van der Waals surface area contributed by atoms with E-state index in [0.717, 1.165) is 18.7 Å². The molecule has 0 spiro atoms. The van der Waals surface area contributed by atoms with E-state index >= 15 is 0 Å². The molecule has 1 fully saturated rings. The first-order valence-electron chi connectivity index (χ1n) is 9.81. The molecule has 1 amide bonds. The molecular weight excluding hydrogens is 397 g/mol. The van der Waals surface area contributed by atoms with Crippen molar-refractivity contribution in [3.8, 4) is 11.5 Å². The summed E-state index contributed by atoms with van der Waals surface area (Å²) in [4.78, 5) is 16.6. The van der Waals surface area contributed by atoms with Gasteiger partial charge in [-0.1, -0.05) is 30.3 Å². The highest BCUT2D eigenvalue weighted by Crippen LogP contribution is 2.20. The fourth-order valence-corrected chi connectivity index (χ4v) is 3.25. The van der Waals surface area contributed by atoms with Crippen LogP contribution < -0.4 is 9.47 Å². The molecule has 8 heteroatoms. The van der Waals surface area contributed by atoms with Gasteiger partial charge in [-0.05, 0) is 36.8 Å². The van der Waals surface area contributed by atoms with Crippen LogP contribution in [-0.2, 0) is 11.3 Å². The Morgan fingerprint density at radius 3 is 2.20 bits per heavy atom. The van der Waals surface area contributed by atoms with E-state index in [4.69, 9.17) is 9.47 Å². The van der Waals surface area contributed by atoms with Crippen molar-refractivity contribution in [3.63, 3.8) is 0 Å². The number of benzene rings is 2. The standard InChI is InChI=1S/C22H25F3N2O3/c1-17(30-20-5-3-2-4-6-20)21(28)27-13-11-26(12-14-27)15-18-7-9-19(10-8-18)29-16-22(23,24)25/h2-10,17H,11-16H2,1H3/t17-/m0/s1. The van der Waals surface area contributed by atoms with Gasteiger partial charge >= 0.3 is 6.18 Å². The van der Waals surface area contributed by atoms with Gasteiger partial charge in [-0.2, -0.15) is 13.2 Å². The molecule has 0 aromatic heterocycles. The molecule has 0 bridgehead atoms. The average molecular weight is 422 g/mol. The van der Waals surface area contributed by atoms with Gasteiger partial charge in [0.2, 0.25) is 0 Å². The summed E-state index contributed by atoms with van der Waals surface area (Å²) >= 11 is 0. The summed E-state index contributed by atoms with van der Waals surface area (Å²) in [5, 5.41) is 0. The van der Waals surface area contributed by atoms with Crippen LogP contribution in [0.4, 0.5) is 13.2 Å². The number of nitrogens with zero attached hydrogens (tertiary/aromatic N) is 2. The molecular formula is C22H25F3N2O3. The lowest BCUT2D eigenvalue weighted by Crippen LogP contribution is -2.51. The van der Waals surface area contributed by atoms with Crippen LogP contribution in [-0.4, -0.2) is 60.8 Å². The van der Waals surface area contributed by atoms with Crippen LogP contribution in [0.25, 0.3) is 0 Å². The number of alkyl halides is 3. The molecule has 1 aliphatic heterocycles. The quantitative estimate of drug-likeness (QED) is 0.682. The van der Waals surface area contributed by atoms with Crippen LogP contribution in [0.5, 0.6) is 11.5 Å². The molecule has 30 heavy (non-hydrogen) atoms. The van der Waals surface area contributed by atoms with Gasteiger partial charge in [0.25, 0.3) is 5.91 Å². The molecule has 2 aromatic carbocycles. The van der Waals surface area contributed by atoms with Crippen molar-refractivity contribution < 1.29 is 27.4 Å². The molecule has 1 saturated heterocycles. The van der Waals surface area contributed by atoms with Crippen LogP contribution in [0.1, 0.15) is 12.5 Å². The third-order valence-corrected chi connectivity index (χ3v) is 4.82. The number of rotatable bonds is 7. The highest BCUT2D eigenvalue weighted by Gasteiger charge is 2.28. The molecule has 1 aliphatic rings. The van der Waals surface area contributed by atoms with Crippen LogP contribution in [0, 0.1) is 0 Å². The predicted molar refractivity (Wildman–Crippen MR) is 106 cm³/mol. The third kappa shape index (κ3) is 6.66. The first-order valence-corrected chi connectivity index (χ1v) is 9.81. The molecule has 162 valence electrons. The zero-order valence-electron chi connectivity index (χ0n) is 16.8. The van der Waals surface area contributed by atoms with Gasteiger partial charge in [-0.15, -0.1) is 0 Å². The fraction of sp³-hybridized carbons (Fsp3) is 0.409. The van der Waals surface area contributed by atoms with Gasteiger partial charge in [0, 0.05) is 32.7 Å². The van der Waals surface area contributed by atoms with Crippen molar-refractivity contribution in [2.24, 2.45) is 0 Å². The second-order valence-corrected chi connectivity index (χ2v) is 7.22. The van der Waals surface area contributed by atoms with Crippen molar-refractivity contribution >= 4 is 5.91 Å². The average Bonchev–Trinajstić information content (AvgIpc) is 2.73. The van der Waals surface area contributed by atoms with E-state index in [2.05, 4.69) is 4.90 Å². The highest BCUT2D eigenvalue weighted by molar-refractivity contribution is 5.81. The summed E-state index contributed by atoms with van der Waals surface area (Å²) in [6, 6.07) is 15.9. The van der Waals surface area contributed by atoms with E-state index in [1.165, 1.54) is 0 Å². The molecule has 5 nitrogen and oxygen atoms in total. The zero-order chi connectivity index (χ0) is 21.6. The van der Waals surface area contributed by atoms with Gasteiger partial charge < -0.3 is 14.4 Å². The summed E-state index contributed by atoms with van der Waals surface area (Å²) < 4.78 is 47.1. The first-order chi connectivity index (χ1) is 14.3. The summed E-state index contributed by atoms with van der Waals surface area (Å²) in [6.07, 6.45) is -4.90. The zero-order valence-corrected chi connectivity index (χ0v) is 16.8. The minimum Gasteiger partial charge on any atom is -0.484 e. The SMILES string of the molecule is C[C@H](Oc1ccccc1)C(=O)N1CCN(Cc2ccc(OCC(F)(F)F)cc2)CC1. The van der Waals surface area contributed by atoms with Gasteiger partial charge in [0.05, 0.1) is 0 Å². The molecule has 1 atom stereocenters. The number of piperazine rings is 1. The number of hydrogen-bond acceptors (Lipinski definition) is 4. The predicted octanol–water partition coefficient (Wildman–Crippen LogP) is 3.74. The largest absolute Gasteiger partial charge is 0.484 e. The number of carbonyl (C=O) groups excluding carboxylic acids is 1. The van der Waals surface area contributed by atoms with E-state index in [1.807, 2.05) is 30.3 Å². The summed E-state index contributed by atoms with van der Waals surface area (Å²) in [5.41, 5.74) is 0.981. The maximum atomic E-state index is 12.6. The first kappa shape index (κ1) is 22.0. The number of carbonyl (C=O) groups is 1. The molecule has 3 rings (SSSR count). The fourth-order valence-electron chi connectivity index (χ4n) is 3.25. The number of ether oxygens (including phenoxy) is 2. The second kappa shape index (κ2) is 9.84. The monoisotopic (exact) mass is 422 g/mol. The Bertz CT molecular complexity index is 805. The van der Waals surface area contributed by atoms with Crippen LogP contribution in [0.2, 0.25) is 0 Å². The molecule has 0 aliphatic carbocycles. The Morgan fingerprint density at radius 2 is 1.60 bits per heavy atom. The molecule has 1 heterocycles. The highest BCUT2D eigenvalue weighted by atomic mass is 19.4. The number of amides is 1. The summed E-state index contributed by atoms with van der Waals surface area (Å²) in [6.45, 7) is 3.77. The van der Waals surface area contributed by atoms with E-state index in [-0.39, 0.29) is 11.7 Å². The third-order valence-electron chi connectivity index (χ3n) is 4.82. The lowest BCUT2D eigenvalue weighted by atomic mass is 10.2. The smallest absolute Gasteiger partial charge is 0.422 e. The van der Waals surface area contributed by atoms with Crippen molar-refractivity contribution in [2.45, 2.75) is 25.7 Å². The van der Waals surface area contributed by atoms with E-state index in [9.17, 15) is 18.0 Å². The Kier molecular flexibility index (Phi) is 7.20.